The molecular weight excluding hydrogens is 567 g/mol. The molecule has 0 saturated heterocycles. The number of aryl methyl sites for hydroxylation is 2. The van der Waals surface area contributed by atoms with Gasteiger partial charge in [-0.25, -0.2) is 0 Å². The van der Waals surface area contributed by atoms with Gasteiger partial charge in [0, 0.05) is 5.41 Å². The van der Waals surface area contributed by atoms with E-state index in [4.69, 9.17) is 0 Å². The molecular formula is C25H25F9O4S. The molecule has 0 aromatic heterocycles. The Kier molecular flexibility index (Phi) is 8.89. The van der Waals surface area contributed by atoms with Gasteiger partial charge in [-0.2, -0.15) is 47.9 Å². The lowest BCUT2D eigenvalue weighted by atomic mass is 9.70. The Balaban J connectivity index is 2.54. The second kappa shape index (κ2) is 10.7. The molecule has 2 aromatic carbocycles. The number of rotatable bonds is 8. The highest BCUT2D eigenvalue weighted by molar-refractivity contribution is 7.88. The minimum absolute atomic E-state index is 0.0240. The quantitative estimate of drug-likeness (QED) is 0.196. The largest absolute Gasteiger partial charge is 0.534 e. The molecule has 0 saturated carbocycles. The molecule has 14 heteroatoms. The Morgan fingerprint density at radius 1 is 0.795 bits per heavy atom. The average molecular weight is 593 g/mol. The van der Waals surface area contributed by atoms with Crippen molar-refractivity contribution in [3.8, 4) is 5.75 Å². The van der Waals surface area contributed by atoms with Crippen molar-refractivity contribution >= 4 is 16.2 Å². The van der Waals surface area contributed by atoms with Crippen molar-refractivity contribution in [3.05, 3.63) is 70.3 Å². The first-order valence-electron chi connectivity index (χ1n) is 11.3. The van der Waals surface area contributed by atoms with Crippen molar-refractivity contribution in [1.82, 2.24) is 0 Å². The Morgan fingerprint density at radius 2 is 1.26 bits per heavy atom. The smallest absolute Gasteiger partial charge is 0.376 e. The van der Waals surface area contributed by atoms with Crippen LogP contribution < -0.4 is 4.18 Å². The first kappa shape index (κ1) is 32.5. The van der Waals surface area contributed by atoms with Crippen LogP contribution in [0.4, 0.5) is 39.5 Å². The van der Waals surface area contributed by atoms with E-state index in [1.165, 1.54) is 38.1 Å². The summed E-state index contributed by atoms with van der Waals surface area (Å²) in [7, 11) is -5.89. The zero-order chi connectivity index (χ0) is 30.2. The van der Waals surface area contributed by atoms with Crippen LogP contribution in [0.5, 0.6) is 5.75 Å². The maximum absolute atomic E-state index is 13.0. The van der Waals surface area contributed by atoms with Crippen LogP contribution in [0.2, 0.25) is 0 Å². The standard InChI is InChI=1S/C25H25F9O4S/c1-5-21(6-2,19-9-10-20(16(4)14-19)38-39(36,37)25(32,33)34)18-8-7-17(15(3)13-18)11-12-22(35,23(26,27)28)24(29,30)31/h7-14,35H,5-6H2,1-4H3/b12-11+. The van der Waals surface area contributed by atoms with Gasteiger partial charge in [0.15, 0.2) is 0 Å². The van der Waals surface area contributed by atoms with Gasteiger partial charge in [0.2, 0.25) is 0 Å². The lowest BCUT2D eigenvalue weighted by Gasteiger charge is -2.34. The van der Waals surface area contributed by atoms with Crippen LogP contribution in [0, 0.1) is 13.8 Å². The van der Waals surface area contributed by atoms with Crippen LogP contribution in [0.25, 0.3) is 6.08 Å². The van der Waals surface area contributed by atoms with Crippen LogP contribution in [-0.2, 0) is 15.5 Å². The van der Waals surface area contributed by atoms with Crippen LogP contribution in [-0.4, -0.2) is 37.0 Å². The highest BCUT2D eigenvalue weighted by Crippen LogP contribution is 2.45. The van der Waals surface area contributed by atoms with Crippen LogP contribution >= 0.6 is 0 Å². The van der Waals surface area contributed by atoms with Gasteiger partial charge >= 0.3 is 28.0 Å². The Morgan fingerprint density at radius 3 is 1.64 bits per heavy atom. The molecule has 0 aliphatic rings. The number of benzene rings is 2. The number of aliphatic hydroxyl groups is 1. The van der Waals surface area contributed by atoms with E-state index in [-0.39, 0.29) is 22.8 Å². The van der Waals surface area contributed by atoms with Gasteiger partial charge < -0.3 is 9.29 Å². The van der Waals surface area contributed by atoms with Crippen molar-refractivity contribution in [3.63, 3.8) is 0 Å². The minimum atomic E-state index is -6.01. The SMILES string of the molecule is CCC(CC)(c1ccc(/C=C/C(O)(C(F)(F)F)C(F)(F)F)c(C)c1)c1ccc(OS(=O)(=O)C(F)(F)F)c(C)c1. The van der Waals surface area contributed by atoms with E-state index >= 15 is 0 Å². The molecule has 0 heterocycles. The predicted octanol–water partition coefficient (Wildman–Crippen LogP) is 7.51. The molecule has 218 valence electrons. The van der Waals surface area contributed by atoms with E-state index in [1.54, 1.807) is 19.9 Å². The number of hydrogen-bond acceptors (Lipinski definition) is 4. The van der Waals surface area contributed by atoms with Crippen LogP contribution in [0.1, 0.15) is 54.5 Å². The summed E-state index contributed by atoms with van der Waals surface area (Å²) in [5, 5.41) is 9.36. The number of halogens is 9. The summed E-state index contributed by atoms with van der Waals surface area (Å²) in [6, 6.07) is 8.22. The van der Waals surface area contributed by atoms with Gasteiger partial charge in [0.25, 0.3) is 5.60 Å². The first-order valence-corrected chi connectivity index (χ1v) is 12.7. The monoisotopic (exact) mass is 592 g/mol. The Hall–Kier alpha value is -2.74. The van der Waals surface area contributed by atoms with Crippen LogP contribution in [0.15, 0.2) is 42.5 Å². The number of alkyl halides is 9. The lowest BCUT2D eigenvalue weighted by molar-refractivity contribution is -0.347. The number of hydrogen-bond donors (Lipinski definition) is 1. The second-order valence-electron chi connectivity index (χ2n) is 8.92. The fourth-order valence-electron chi connectivity index (χ4n) is 4.16. The summed E-state index contributed by atoms with van der Waals surface area (Å²) in [4.78, 5) is 0. The predicted molar refractivity (Wildman–Crippen MR) is 125 cm³/mol. The first-order chi connectivity index (χ1) is 17.6. The highest BCUT2D eigenvalue weighted by Gasteiger charge is 2.69. The van der Waals surface area contributed by atoms with Gasteiger partial charge in [0.05, 0.1) is 0 Å². The fourth-order valence-corrected chi connectivity index (χ4v) is 4.68. The summed E-state index contributed by atoms with van der Waals surface area (Å²) in [6.45, 7) is 6.40. The van der Waals surface area contributed by atoms with Gasteiger partial charge in [0.1, 0.15) is 5.75 Å². The van der Waals surface area contributed by atoms with Gasteiger partial charge in [-0.05, 0) is 66.6 Å². The molecule has 0 unspecified atom stereocenters. The Labute approximate surface area is 219 Å². The highest BCUT2D eigenvalue weighted by atomic mass is 32.2. The molecule has 1 N–H and O–H groups in total. The van der Waals surface area contributed by atoms with E-state index in [9.17, 15) is 53.0 Å². The molecule has 0 aliphatic carbocycles. The maximum Gasteiger partial charge on any atom is 0.534 e. The normalized spacial score (nSPS) is 14.2. The van der Waals surface area contributed by atoms with E-state index < -0.39 is 44.7 Å². The van der Waals surface area contributed by atoms with Crippen molar-refractivity contribution < 1.29 is 57.2 Å². The molecule has 39 heavy (non-hydrogen) atoms. The molecule has 0 amide bonds. The molecule has 0 bridgehead atoms. The maximum atomic E-state index is 13.0. The van der Waals surface area contributed by atoms with Gasteiger partial charge in [-0.15, -0.1) is 0 Å². The van der Waals surface area contributed by atoms with Crippen molar-refractivity contribution in [2.24, 2.45) is 0 Å². The zero-order valence-corrected chi connectivity index (χ0v) is 21.8. The second-order valence-corrected chi connectivity index (χ2v) is 10.5. The zero-order valence-electron chi connectivity index (χ0n) is 21.0. The van der Waals surface area contributed by atoms with Gasteiger partial charge in [-0.3, -0.25) is 0 Å². The van der Waals surface area contributed by atoms with Crippen LogP contribution in [0.3, 0.4) is 0 Å². The molecule has 0 aliphatic heterocycles. The minimum Gasteiger partial charge on any atom is -0.376 e. The van der Waals surface area contributed by atoms with Gasteiger partial charge in [-0.1, -0.05) is 50.3 Å². The molecule has 2 rings (SSSR count). The summed E-state index contributed by atoms with van der Waals surface area (Å²) < 4.78 is 143. The molecule has 0 fully saturated rings. The van der Waals surface area contributed by atoms with E-state index in [0.717, 1.165) is 6.07 Å². The molecule has 2 aromatic rings. The fraction of sp³-hybridized carbons (Fsp3) is 0.440. The third kappa shape index (κ3) is 6.21. The van der Waals surface area contributed by atoms with Crippen molar-refractivity contribution in [2.45, 2.75) is 69.4 Å². The summed E-state index contributed by atoms with van der Waals surface area (Å²) in [6.07, 6.45) is -11.0. The van der Waals surface area contributed by atoms with Crippen molar-refractivity contribution in [2.75, 3.05) is 0 Å². The molecule has 0 radical (unpaired) electrons. The molecule has 0 atom stereocenters. The van der Waals surface area contributed by atoms with E-state index in [1.807, 2.05) is 0 Å². The van der Waals surface area contributed by atoms with E-state index in [2.05, 4.69) is 4.18 Å². The molecule has 0 spiro atoms. The topological polar surface area (TPSA) is 63.6 Å². The van der Waals surface area contributed by atoms with Crippen molar-refractivity contribution in [1.29, 1.82) is 0 Å². The summed E-state index contributed by atoms with van der Waals surface area (Å²) in [5.74, 6) is -0.532. The Bertz CT molecular complexity index is 1310. The third-order valence-corrected chi connectivity index (χ3v) is 7.57. The van der Waals surface area contributed by atoms with E-state index in [0.29, 0.717) is 30.0 Å². The summed E-state index contributed by atoms with van der Waals surface area (Å²) >= 11 is 0. The third-order valence-electron chi connectivity index (χ3n) is 6.61. The summed E-state index contributed by atoms with van der Waals surface area (Å²) in [5.41, 5.74) is -9.98. The lowest BCUT2D eigenvalue weighted by Crippen LogP contribution is -2.55. The average Bonchev–Trinajstić information content (AvgIpc) is 2.78. The molecule has 4 nitrogen and oxygen atoms in total.